The van der Waals surface area contributed by atoms with E-state index in [1.54, 1.807) is 11.4 Å². The molecule has 1 aliphatic heterocycles. The summed E-state index contributed by atoms with van der Waals surface area (Å²) in [5.74, 6) is -1.50. The summed E-state index contributed by atoms with van der Waals surface area (Å²) < 4.78 is 44.5. The standard InChI is InChI=1S/C17H14F3NO3S/c1-24-16(23)14-11-7-9-25-13(11)6-8-21(14)15(22)10-4-2-3-5-12(10)17(18,19)20/h2-5,7,9,14H,6,8H2,1H3. The van der Waals surface area contributed by atoms with Gasteiger partial charge < -0.3 is 9.64 Å². The Kier molecular flexibility index (Phi) is 4.55. The van der Waals surface area contributed by atoms with Crippen LogP contribution < -0.4 is 0 Å². The quantitative estimate of drug-likeness (QED) is 0.759. The zero-order valence-electron chi connectivity index (χ0n) is 13.2. The molecule has 8 heteroatoms. The van der Waals surface area contributed by atoms with E-state index >= 15 is 0 Å². The van der Waals surface area contributed by atoms with E-state index in [2.05, 4.69) is 0 Å². The number of nitrogens with zero attached hydrogens (tertiary/aromatic N) is 1. The van der Waals surface area contributed by atoms with Crippen LogP contribution in [-0.4, -0.2) is 30.4 Å². The van der Waals surface area contributed by atoms with Gasteiger partial charge in [-0.3, -0.25) is 4.79 Å². The lowest BCUT2D eigenvalue weighted by Gasteiger charge is -2.34. The van der Waals surface area contributed by atoms with E-state index in [9.17, 15) is 22.8 Å². The van der Waals surface area contributed by atoms with Crippen molar-refractivity contribution >= 4 is 23.2 Å². The lowest BCUT2D eigenvalue weighted by molar-refractivity contribution is -0.146. The molecule has 3 rings (SSSR count). The second kappa shape index (κ2) is 6.51. The topological polar surface area (TPSA) is 46.6 Å². The number of amides is 1. The van der Waals surface area contributed by atoms with Gasteiger partial charge in [-0.05, 0) is 35.6 Å². The molecule has 0 N–H and O–H groups in total. The van der Waals surface area contributed by atoms with Gasteiger partial charge in [-0.1, -0.05) is 12.1 Å². The SMILES string of the molecule is COC(=O)C1c2ccsc2CCN1C(=O)c1ccccc1C(F)(F)F. The summed E-state index contributed by atoms with van der Waals surface area (Å²) >= 11 is 1.45. The number of carbonyl (C=O) groups is 2. The number of halogens is 3. The summed E-state index contributed by atoms with van der Waals surface area (Å²) in [6.07, 6.45) is -4.17. The molecule has 1 aromatic heterocycles. The van der Waals surface area contributed by atoms with Gasteiger partial charge >= 0.3 is 12.1 Å². The minimum absolute atomic E-state index is 0.151. The van der Waals surface area contributed by atoms with Gasteiger partial charge in [-0.15, -0.1) is 11.3 Å². The molecular weight excluding hydrogens is 355 g/mol. The maximum Gasteiger partial charge on any atom is 0.417 e. The van der Waals surface area contributed by atoms with Crippen LogP contribution in [0.2, 0.25) is 0 Å². The first-order valence-corrected chi connectivity index (χ1v) is 8.34. The number of rotatable bonds is 2. The number of methoxy groups -OCH3 is 1. The van der Waals surface area contributed by atoms with Crippen molar-refractivity contribution in [2.75, 3.05) is 13.7 Å². The third-order valence-electron chi connectivity index (χ3n) is 4.11. The predicted molar refractivity (Wildman–Crippen MR) is 85.3 cm³/mol. The molecule has 0 fully saturated rings. The predicted octanol–water partition coefficient (Wildman–Crippen LogP) is 3.68. The number of ether oxygens (including phenoxy) is 1. The second-order valence-corrected chi connectivity index (χ2v) is 6.52. The van der Waals surface area contributed by atoms with Gasteiger partial charge in [0, 0.05) is 11.4 Å². The molecule has 0 saturated carbocycles. The lowest BCUT2D eigenvalue weighted by atomic mass is 9.97. The molecule has 132 valence electrons. The van der Waals surface area contributed by atoms with E-state index in [0.29, 0.717) is 12.0 Å². The van der Waals surface area contributed by atoms with Crippen molar-refractivity contribution < 1.29 is 27.5 Å². The summed E-state index contributed by atoms with van der Waals surface area (Å²) in [6.45, 7) is 0.151. The second-order valence-electron chi connectivity index (χ2n) is 5.52. The number of fused-ring (bicyclic) bond motifs is 1. The normalized spacial score (nSPS) is 17.1. The Labute approximate surface area is 145 Å². The molecule has 25 heavy (non-hydrogen) atoms. The maximum atomic E-state index is 13.2. The van der Waals surface area contributed by atoms with Crippen LogP contribution in [0.25, 0.3) is 0 Å². The van der Waals surface area contributed by atoms with Crippen LogP contribution in [0.4, 0.5) is 13.2 Å². The monoisotopic (exact) mass is 369 g/mol. The van der Waals surface area contributed by atoms with Gasteiger partial charge in [-0.2, -0.15) is 13.2 Å². The summed E-state index contributed by atoms with van der Waals surface area (Å²) in [5.41, 5.74) is -0.872. The van der Waals surface area contributed by atoms with Gasteiger partial charge in [0.1, 0.15) is 0 Å². The van der Waals surface area contributed by atoms with Crippen LogP contribution in [0.3, 0.4) is 0 Å². The molecule has 2 aromatic rings. The zero-order chi connectivity index (χ0) is 18.2. The number of thiophene rings is 1. The van der Waals surface area contributed by atoms with Crippen molar-refractivity contribution in [2.24, 2.45) is 0 Å². The van der Waals surface area contributed by atoms with Crippen molar-refractivity contribution in [3.8, 4) is 0 Å². The van der Waals surface area contributed by atoms with Crippen LogP contribution in [0.15, 0.2) is 35.7 Å². The van der Waals surface area contributed by atoms with Crippen LogP contribution >= 0.6 is 11.3 Å². The molecule has 0 aliphatic carbocycles. The largest absolute Gasteiger partial charge is 0.467 e. The van der Waals surface area contributed by atoms with Crippen LogP contribution in [0.5, 0.6) is 0 Å². The first-order valence-electron chi connectivity index (χ1n) is 7.46. The van der Waals surface area contributed by atoms with Crippen molar-refractivity contribution in [3.05, 3.63) is 57.3 Å². The molecule has 1 aromatic carbocycles. The summed E-state index contributed by atoms with van der Waals surface area (Å²) in [5, 5.41) is 1.79. The van der Waals surface area contributed by atoms with Crippen molar-refractivity contribution in [3.63, 3.8) is 0 Å². The molecular formula is C17H14F3NO3S. The molecule has 0 radical (unpaired) electrons. The molecule has 0 bridgehead atoms. The van der Waals surface area contributed by atoms with Gasteiger partial charge in [0.15, 0.2) is 6.04 Å². The minimum atomic E-state index is -4.66. The van der Waals surface area contributed by atoms with Crippen molar-refractivity contribution in [1.29, 1.82) is 0 Å². The van der Waals surface area contributed by atoms with Gasteiger partial charge in [-0.25, -0.2) is 4.79 Å². The Morgan fingerprint density at radius 3 is 2.64 bits per heavy atom. The summed E-state index contributed by atoms with van der Waals surface area (Å²) in [7, 11) is 1.19. The summed E-state index contributed by atoms with van der Waals surface area (Å²) in [4.78, 5) is 27.2. The molecule has 1 unspecified atom stereocenters. The molecule has 1 amide bonds. The van der Waals surface area contributed by atoms with Crippen LogP contribution in [0, 0.1) is 0 Å². The van der Waals surface area contributed by atoms with Crippen LogP contribution in [0.1, 0.15) is 32.4 Å². The minimum Gasteiger partial charge on any atom is -0.467 e. The maximum absolute atomic E-state index is 13.2. The number of benzene rings is 1. The third kappa shape index (κ3) is 3.13. The third-order valence-corrected chi connectivity index (χ3v) is 5.11. The molecule has 1 atom stereocenters. The van der Waals surface area contributed by atoms with E-state index in [1.165, 1.54) is 30.6 Å². The Bertz CT molecular complexity index is 815. The average Bonchev–Trinajstić information content (AvgIpc) is 3.07. The number of carbonyl (C=O) groups excluding carboxylic acids is 2. The first kappa shape index (κ1) is 17.5. The Morgan fingerprint density at radius 2 is 1.96 bits per heavy atom. The number of alkyl halides is 3. The highest BCUT2D eigenvalue weighted by Crippen LogP contribution is 2.37. The number of hydrogen-bond donors (Lipinski definition) is 0. The van der Waals surface area contributed by atoms with Crippen molar-refractivity contribution in [2.45, 2.75) is 18.6 Å². The summed E-state index contributed by atoms with van der Waals surface area (Å²) in [6, 6.07) is 5.26. The van der Waals surface area contributed by atoms with Gasteiger partial charge in [0.05, 0.1) is 18.2 Å². The van der Waals surface area contributed by atoms with E-state index in [1.807, 2.05) is 0 Å². The Balaban J connectivity index is 2.04. The number of esters is 1. The molecule has 4 nitrogen and oxygen atoms in total. The van der Waals surface area contributed by atoms with E-state index in [-0.39, 0.29) is 6.54 Å². The number of hydrogen-bond acceptors (Lipinski definition) is 4. The van der Waals surface area contributed by atoms with E-state index < -0.39 is 35.2 Å². The Morgan fingerprint density at radius 1 is 1.24 bits per heavy atom. The van der Waals surface area contributed by atoms with Crippen molar-refractivity contribution in [1.82, 2.24) is 4.90 Å². The van der Waals surface area contributed by atoms with Gasteiger partial charge in [0.2, 0.25) is 0 Å². The average molecular weight is 369 g/mol. The fourth-order valence-electron chi connectivity index (χ4n) is 2.97. The van der Waals surface area contributed by atoms with E-state index in [0.717, 1.165) is 21.9 Å². The smallest absolute Gasteiger partial charge is 0.417 e. The molecule has 2 heterocycles. The molecule has 1 aliphatic rings. The molecule has 0 saturated heterocycles. The highest BCUT2D eigenvalue weighted by molar-refractivity contribution is 7.10. The lowest BCUT2D eigenvalue weighted by Crippen LogP contribution is -2.44. The highest BCUT2D eigenvalue weighted by atomic mass is 32.1. The highest BCUT2D eigenvalue weighted by Gasteiger charge is 2.41. The fourth-order valence-corrected chi connectivity index (χ4v) is 3.88. The molecule has 0 spiro atoms. The first-order chi connectivity index (χ1) is 11.8. The van der Waals surface area contributed by atoms with Crippen LogP contribution in [-0.2, 0) is 22.1 Å². The van der Waals surface area contributed by atoms with E-state index in [4.69, 9.17) is 4.74 Å². The van der Waals surface area contributed by atoms with Gasteiger partial charge in [0.25, 0.3) is 5.91 Å². The fraction of sp³-hybridized carbons (Fsp3) is 0.294. The zero-order valence-corrected chi connectivity index (χ0v) is 14.0. The Hall–Kier alpha value is -2.35.